The fraction of sp³-hybridized carbons (Fsp3) is 0.600. The van der Waals surface area contributed by atoms with Crippen molar-refractivity contribution in [2.75, 3.05) is 18.9 Å². The zero-order chi connectivity index (χ0) is 19.2. The van der Waals surface area contributed by atoms with Gasteiger partial charge in [0.15, 0.2) is 11.5 Å². The predicted octanol–water partition coefficient (Wildman–Crippen LogP) is 2.35. The van der Waals surface area contributed by atoms with Crippen LogP contribution in [0.3, 0.4) is 0 Å². The Balaban J connectivity index is 1.30. The lowest BCUT2D eigenvalue weighted by molar-refractivity contribution is -0.137. The van der Waals surface area contributed by atoms with Crippen molar-refractivity contribution in [2.45, 2.75) is 56.5 Å². The van der Waals surface area contributed by atoms with Crippen LogP contribution >= 0.6 is 11.8 Å². The average molecular weight is 391 g/mol. The first-order valence-electron chi connectivity index (χ1n) is 9.47. The molecule has 2 atom stereocenters. The minimum Gasteiger partial charge on any atom is -0.488 e. The highest BCUT2D eigenvalue weighted by Gasteiger charge is 2.52. The van der Waals surface area contributed by atoms with E-state index in [1.165, 1.54) is 0 Å². The maximum absolute atomic E-state index is 12.6. The smallest absolute Gasteiger partial charge is 0.243 e. The van der Waals surface area contributed by atoms with Crippen molar-refractivity contribution in [3.63, 3.8) is 0 Å². The van der Waals surface area contributed by atoms with Gasteiger partial charge in [0.1, 0.15) is 18.2 Å². The van der Waals surface area contributed by atoms with Crippen LogP contribution in [-0.2, 0) is 16.0 Å². The van der Waals surface area contributed by atoms with Gasteiger partial charge in [0.25, 0.3) is 0 Å². The molecule has 1 aromatic rings. The molecule has 0 aromatic heterocycles. The Hall–Kier alpha value is -1.89. The summed E-state index contributed by atoms with van der Waals surface area (Å²) >= 11 is 1.70. The third-order valence-electron chi connectivity index (χ3n) is 5.46. The fourth-order valence-electron chi connectivity index (χ4n) is 4.17. The molecule has 6 nitrogen and oxygen atoms in total. The van der Waals surface area contributed by atoms with Crippen molar-refractivity contribution >= 4 is 23.6 Å². The Morgan fingerprint density at radius 3 is 3.04 bits per heavy atom. The normalized spacial score (nSPS) is 27.9. The average Bonchev–Trinajstić information content (AvgIpc) is 3.21. The number of nitrogens with zero attached hydrogens (tertiary/aromatic N) is 1. The summed E-state index contributed by atoms with van der Waals surface area (Å²) in [6.07, 6.45) is 2.21. The Bertz CT molecular complexity index is 781. The molecule has 0 saturated carbocycles. The first-order chi connectivity index (χ1) is 12.8. The second kappa shape index (κ2) is 6.62. The predicted molar refractivity (Wildman–Crippen MR) is 104 cm³/mol. The zero-order valence-electron chi connectivity index (χ0n) is 16.0. The molecule has 4 rings (SSSR count). The molecule has 27 heavy (non-hydrogen) atoms. The van der Waals surface area contributed by atoms with Crippen molar-refractivity contribution in [1.82, 2.24) is 10.2 Å². The number of rotatable bonds is 5. The van der Waals surface area contributed by atoms with Crippen molar-refractivity contribution in [2.24, 2.45) is 0 Å². The van der Waals surface area contributed by atoms with Gasteiger partial charge in [-0.05, 0) is 33.3 Å². The summed E-state index contributed by atoms with van der Waals surface area (Å²) < 4.78 is 11.9. The number of para-hydroxylation sites is 1. The highest BCUT2D eigenvalue weighted by atomic mass is 32.2. The van der Waals surface area contributed by atoms with Gasteiger partial charge in [-0.25, -0.2) is 0 Å². The van der Waals surface area contributed by atoms with Gasteiger partial charge < -0.3 is 19.7 Å². The zero-order valence-corrected chi connectivity index (χ0v) is 16.9. The minimum atomic E-state index is -0.375. The second-order valence-electron chi connectivity index (χ2n) is 8.19. The van der Waals surface area contributed by atoms with Gasteiger partial charge in [0, 0.05) is 24.2 Å². The van der Waals surface area contributed by atoms with Gasteiger partial charge in [-0.3, -0.25) is 9.59 Å². The van der Waals surface area contributed by atoms with Crippen molar-refractivity contribution in [3.8, 4) is 11.5 Å². The highest BCUT2D eigenvalue weighted by molar-refractivity contribution is 8.01. The summed E-state index contributed by atoms with van der Waals surface area (Å²) in [7, 11) is 0. The fourth-order valence-corrected chi connectivity index (χ4v) is 5.60. The minimum absolute atomic E-state index is 0.0820. The topological polar surface area (TPSA) is 67.9 Å². The van der Waals surface area contributed by atoms with Crippen LogP contribution in [0.1, 0.15) is 39.2 Å². The molecule has 3 aliphatic heterocycles. The quantitative estimate of drug-likeness (QED) is 0.782. The number of thioether (sulfide) groups is 1. The van der Waals surface area contributed by atoms with Crippen LogP contribution in [0.2, 0.25) is 0 Å². The lowest BCUT2D eigenvalue weighted by atomic mass is 10.0. The maximum atomic E-state index is 12.6. The summed E-state index contributed by atoms with van der Waals surface area (Å²) in [5, 5.41) is 2.92. The van der Waals surface area contributed by atoms with E-state index < -0.39 is 0 Å². The number of amides is 2. The molecule has 7 heteroatoms. The van der Waals surface area contributed by atoms with Gasteiger partial charge in [-0.15, -0.1) is 11.8 Å². The summed E-state index contributed by atoms with van der Waals surface area (Å²) in [6, 6.07) is 5.54. The van der Waals surface area contributed by atoms with Gasteiger partial charge in [0.2, 0.25) is 11.8 Å². The Morgan fingerprint density at radius 1 is 1.41 bits per heavy atom. The van der Waals surface area contributed by atoms with Crippen LogP contribution in [-0.4, -0.2) is 52.1 Å². The van der Waals surface area contributed by atoms with Gasteiger partial charge in [0.05, 0.1) is 11.4 Å². The molecule has 1 aromatic carbocycles. The number of ether oxygens (including phenoxy) is 2. The number of nitrogens with one attached hydrogen (secondary N) is 1. The molecule has 2 amide bonds. The third kappa shape index (κ3) is 3.37. The molecule has 3 heterocycles. The first kappa shape index (κ1) is 18.5. The van der Waals surface area contributed by atoms with E-state index in [1.54, 1.807) is 16.7 Å². The summed E-state index contributed by atoms with van der Waals surface area (Å²) in [5.41, 5.74) is 0.932. The van der Waals surface area contributed by atoms with Crippen LogP contribution < -0.4 is 14.8 Å². The summed E-state index contributed by atoms with van der Waals surface area (Å²) in [4.78, 5) is 26.3. The van der Waals surface area contributed by atoms with Gasteiger partial charge >= 0.3 is 0 Å². The Labute approximate surface area is 164 Å². The number of hydrogen-bond acceptors (Lipinski definition) is 5. The first-order valence-corrected chi connectivity index (χ1v) is 10.5. The van der Waals surface area contributed by atoms with Crippen LogP contribution in [0, 0.1) is 0 Å². The molecule has 2 saturated heterocycles. The standard InChI is InChI=1S/C20H26N2O4S/c1-19(2)11-13-5-4-6-15(17(13)26-19)25-10-9-21-18(24)14-12-27-20(3)8-7-16(23)22(14)20/h4-6,14H,7-12H2,1-3H3,(H,21,24)/t14-,20-/m1/s1. The van der Waals surface area contributed by atoms with Gasteiger partial charge in [-0.1, -0.05) is 12.1 Å². The Kier molecular flexibility index (Phi) is 4.53. The summed E-state index contributed by atoms with van der Waals surface area (Å²) in [6.45, 7) is 6.92. The van der Waals surface area contributed by atoms with E-state index in [2.05, 4.69) is 32.2 Å². The molecule has 0 spiro atoms. The monoisotopic (exact) mass is 390 g/mol. The lowest BCUT2D eigenvalue weighted by Crippen LogP contribution is -2.50. The SMILES string of the molecule is CC1(C)Cc2cccc(OCCNC(=O)[C@H]3CS[C@]4(C)CCC(=O)N34)c2O1. The van der Waals surface area contributed by atoms with Crippen molar-refractivity contribution in [3.05, 3.63) is 23.8 Å². The van der Waals surface area contributed by atoms with E-state index in [-0.39, 0.29) is 28.3 Å². The van der Waals surface area contributed by atoms with E-state index in [9.17, 15) is 9.59 Å². The molecular weight excluding hydrogens is 364 g/mol. The number of benzene rings is 1. The lowest BCUT2D eigenvalue weighted by Gasteiger charge is -2.29. The molecule has 0 aliphatic carbocycles. The summed E-state index contributed by atoms with van der Waals surface area (Å²) in [5.74, 6) is 2.16. The van der Waals surface area contributed by atoms with E-state index in [4.69, 9.17) is 9.47 Å². The second-order valence-corrected chi connectivity index (χ2v) is 9.69. The molecule has 0 unspecified atom stereocenters. The molecular formula is C20H26N2O4S. The van der Waals surface area contributed by atoms with E-state index >= 15 is 0 Å². The highest BCUT2D eigenvalue weighted by Crippen LogP contribution is 2.47. The molecule has 3 aliphatic rings. The van der Waals surface area contributed by atoms with E-state index in [0.29, 0.717) is 31.1 Å². The molecule has 0 radical (unpaired) electrons. The largest absolute Gasteiger partial charge is 0.488 e. The Morgan fingerprint density at radius 2 is 2.22 bits per heavy atom. The van der Waals surface area contributed by atoms with Crippen molar-refractivity contribution in [1.29, 1.82) is 0 Å². The molecule has 1 N–H and O–H groups in total. The number of carbonyl (C=O) groups excluding carboxylic acids is 2. The van der Waals surface area contributed by atoms with E-state index in [0.717, 1.165) is 24.2 Å². The van der Waals surface area contributed by atoms with Crippen molar-refractivity contribution < 1.29 is 19.1 Å². The third-order valence-corrected chi connectivity index (χ3v) is 6.97. The molecule has 146 valence electrons. The number of hydrogen-bond donors (Lipinski definition) is 1. The van der Waals surface area contributed by atoms with Crippen LogP contribution in [0.25, 0.3) is 0 Å². The van der Waals surface area contributed by atoms with Crippen LogP contribution in [0.4, 0.5) is 0 Å². The van der Waals surface area contributed by atoms with Gasteiger partial charge in [-0.2, -0.15) is 0 Å². The van der Waals surface area contributed by atoms with Crippen LogP contribution in [0.5, 0.6) is 11.5 Å². The maximum Gasteiger partial charge on any atom is 0.243 e. The van der Waals surface area contributed by atoms with E-state index in [1.807, 2.05) is 12.1 Å². The molecule has 2 fully saturated rings. The number of fused-ring (bicyclic) bond motifs is 2. The van der Waals surface area contributed by atoms with Crippen LogP contribution in [0.15, 0.2) is 18.2 Å². The number of carbonyl (C=O) groups is 2. The molecule has 0 bridgehead atoms.